The van der Waals surface area contributed by atoms with Crippen molar-refractivity contribution in [3.8, 4) is 0 Å². The predicted octanol–water partition coefficient (Wildman–Crippen LogP) is 4.54. The van der Waals surface area contributed by atoms with Crippen LogP contribution in [0.4, 0.5) is 5.69 Å². The Balaban J connectivity index is 1.51. The van der Waals surface area contributed by atoms with Gasteiger partial charge in [0.2, 0.25) is 5.91 Å². The van der Waals surface area contributed by atoms with Crippen LogP contribution in [-0.2, 0) is 17.8 Å². The number of hydrogen-bond acceptors (Lipinski definition) is 4. The lowest BCUT2D eigenvalue weighted by Crippen LogP contribution is -2.14. The molecule has 0 radical (unpaired) electrons. The smallest absolute Gasteiger partial charge is 0.234 e. The molecule has 1 aliphatic carbocycles. The van der Waals surface area contributed by atoms with Crippen molar-refractivity contribution in [1.82, 2.24) is 14.8 Å². The Morgan fingerprint density at radius 2 is 1.96 bits per heavy atom. The molecule has 0 unspecified atom stereocenters. The molecule has 6 heteroatoms. The number of thioether (sulfide) groups is 1. The lowest BCUT2D eigenvalue weighted by Gasteiger charge is -2.21. The van der Waals surface area contributed by atoms with Gasteiger partial charge in [-0.15, -0.1) is 10.2 Å². The van der Waals surface area contributed by atoms with E-state index in [4.69, 9.17) is 0 Å². The zero-order valence-electron chi connectivity index (χ0n) is 15.5. The number of benzene rings is 1. The van der Waals surface area contributed by atoms with E-state index in [2.05, 4.69) is 27.0 Å². The number of amides is 1. The van der Waals surface area contributed by atoms with E-state index in [0.717, 1.165) is 35.6 Å². The SMILES string of the molecule is CCn1c(CCC2CCCCC2)nnc1SCC(=O)Nc1ccccc1. The average Bonchev–Trinajstić information content (AvgIpc) is 3.08. The summed E-state index contributed by atoms with van der Waals surface area (Å²) in [5.41, 5.74) is 0.822. The molecule has 0 bridgehead atoms. The van der Waals surface area contributed by atoms with Crippen molar-refractivity contribution in [2.45, 2.75) is 63.6 Å². The summed E-state index contributed by atoms with van der Waals surface area (Å²) >= 11 is 1.46. The molecule has 1 N–H and O–H groups in total. The van der Waals surface area contributed by atoms with Crippen LogP contribution in [0.5, 0.6) is 0 Å². The number of aromatic nitrogens is 3. The second-order valence-electron chi connectivity index (χ2n) is 6.89. The fourth-order valence-corrected chi connectivity index (χ4v) is 4.41. The third-order valence-corrected chi connectivity index (χ3v) is 5.97. The third-order valence-electron chi connectivity index (χ3n) is 5.00. The second-order valence-corrected chi connectivity index (χ2v) is 7.83. The van der Waals surface area contributed by atoms with Crippen LogP contribution >= 0.6 is 11.8 Å². The fourth-order valence-electron chi connectivity index (χ4n) is 3.59. The molecule has 0 aliphatic heterocycles. The van der Waals surface area contributed by atoms with Crippen molar-refractivity contribution in [2.24, 2.45) is 5.92 Å². The molecule has 5 nitrogen and oxygen atoms in total. The minimum atomic E-state index is -0.0180. The van der Waals surface area contributed by atoms with Crippen LogP contribution in [0.1, 0.15) is 51.3 Å². The van der Waals surface area contributed by atoms with Gasteiger partial charge in [-0.2, -0.15) is 0 Å². The number of anilines is 1. The van der Waals surface area contributed by atoms with Crippen LogP contribution in [0.15, 0.2) is 35.5 Å². The molecule has 2 aromatic rings. The number of carbonyl (C=O) groups is 1. The van der Waals surface area contributed by atoms with Gasteiger partial charge in [-0.3, -0.25) is 4.79 Å². The number of aryl methyl sites for hydroxylation is 1. The highest BCUT2D eigenvalue weighted by atomic mass is 32.2. The minimum Gasteiger partial charge on any atom is -0.325 e. The summed E-state index contributed by atoms with van der Waals surface area (Å²) in [4.78, 5) is 12.1. The average molecular weight is 373 g/mol. The van der Waals surface area contributed by atoms with Gasteiger partial charge in [-0.05, 0) is 31.4 Å². The molecule has 3 rings (SSSR count). The third kappa shape index (κ3) is 5.34. The maximum absolute atomic E-state index is 12.1. The van der Waals surface area contributed by atoms with E-state index in [0.29, 0.717) is 5.75 Å². The second kappa shape index (κ2) is 9.76. The molecule has 1 fully saturated rings. The number of nitrogens with one attached hydrogen (secondary N) is 1. The highest BCUT2D eigenvalue weighted by Gasteiger charge is 2.17. The summed E-state index contributed by atoms with van der Waals surface area (Å²) in [6.07, 6.45) is 9.07. The zero-order chi connectivity index (χ0) is 18.2. The van der Waals surface area contributed by atoms with Gasteiger partial charge in [0.25, 0.3) is 0 Å². The monoisotopic (exact) mass is 372 g/mol. The number of nitrogens with zero attached hydrogens (tertiary/aromatic N) is 3. The maximum Gasteiger partial charge on any atom is 0.234 e. The van der Waals surface area contributed by atoms with Crippen LogP contribution in [0.25, 0.3) is 0 Å². The van der Waals surface area contributed by atoms with Gasteiger partial charge in [-0.1, -0.05) is 62.1 Å². The van der Waals surface area contributed by atoms with E-state index < -0.39 is 0 Å². The van der Waals surface area contributed by atoms with Gasteiger partial charge in [0.15, 0.2) is 5.16 Å². The molecule has 0 spiro atoms. The van der Waals surface area contributed by atoms with Crippen LogP contribution in [0.3, 0.4) is 0 Å². The molecule has 1 aliphatic rings. The highest BCUT2D eigenvalue weighted by molar-refractivity contribution is 7.99. The molecule has 140 valence electrons. The number of hydrogen-bond donors (Lipinski definition) is 1. The van der Waals surface area contributed by atoms with E-state index in [-0.39, 0.29) is 5.91 Å². The topological polar surface area (TPSA) is 59.8 Å². The van der Waals surface area contributed by atoms with E-state index in [1.165, 1.54) is 50.3 Å². The fraction of sp³-hybridized carbons (Fsp3) is 0.550. The molecule has 1 saturated carbocycles. The summed E-state index contributed by atoms with van der Waals surface area (Å²) < 4.78 is 2.16. The molecular weight excluding hydrogens is 344 g/mol. The normalized spacial score (nSPS) is 15.1. The highest BCUT2D eigenvalue weighted by Crippen LogP contribution is 2.28. The Kier molecular flexibility index (Phi) is 7.12. The molecule has 26 heavy (non-hydrogen) atoms. The van der Waals surface area contributed by atoms with E-state index in [1.807, 2.05) is 30.3 Å². The van der Waals surface area contributed by atoms with Gasteiger partial charge >= 0.3 is 0 Å². The first-order chi connectivity index (χ1) is 12.8. The molecule has 0 atom stereocenters. The first kappa shape index (κ1) is 19.0. The van der Waals surface area contributed by atoms with Crippen molar-refractivity contribution >= 4 is 23.4 Å². The van der Waals surface area contributed by atoms with E-state index in [1.54, 1.807) is 0 Å². The van der Waals surface area contributed by atoms with Crippen LogP contribution in [0, 0.1) is 5.92 Å². The Labute approximate surface area is 160 Å². The van der Waals surface area contributed by atoms with E-state index in [9.17, 15) is 4.79 Å². The molecule has 1 aromatic heterocycles. The van der Waals surface area contributed by atoms with Gasteiger partial charge < -0.3 is 9.88 Å². The quantitative estimate of drug-likeness (QED) is 0.691. The zero-order valence-corrected chi connectivity index (χ0v) is 16.3. The number of carbonyl (C=O) groups excluding carboxylic acids is 1. The van der Waals surface area contributed by atoms with Crippen LogP contribution in [0.2, 0.25) is 0 Å². The molecule has 0 saturated heterocycles. The van der Waals surface area contributed by atoms with Crippen molar-refractivity contribution < 1.29 is 4.79 Å². The largest absolute Gasteiger partial charge is 0.325 e. The Morgan fingerprint density at radius 3 is 2.69 bits per heavy atom. The van der Waals surface area contributed by atoms with Gasteiger partial charge in [0.05, 0.1) is 5.75 Å². The Morgan fingerprint density at radius 1 is 1.19 bits per heavy atom. The lowest BCUT2D eigenvalue weighted by atomic mass is 9.86. The molecule has 1 amide bonds. The van der Waals surface area contributed by atoms with E-state index >= 15 is 0 Å². The summed E-state index contributed by atoms with van der Waals surface area (Å²) in [5, 5.41) is 12.5. The predicted molar refractivity (Wildman–Crippen MR) is 106 cm³/mol. The molecule has 1 aromatic carbocycles. The Bertz CT molecular complexity index is 695. The number of rotatable bonds is 8. The van der Waals surface area contributed by atoms with Crippen molar-refractivity contribution in [3.05, 3.63) is 36.2 Å². The minimum absolute atomic E-state index is 0.0180. The number of para-hydroxylation sites is 1. The summed E-state index contributed by atoms with van der Waals surface area (Å²) in [6.45, 7) is 2.96. The van der Waals surface area contributed by atoms with Crippen molar-refractivity contribution in [1.29, 1.82) is 0 Å². The first-order valence-corrected chi connectivity index (χ1v) is 10.6. The Hall–Kier alpha value is -1.82. The standard InChI is InChI=1S/C20H28N4OS/c1-2-24-18(14-13-16-9-5-3-6-10-16)22-23-20(24)26-15-19(25)21-17-11-7-4-8-12-17/h4,7-8,11-12,16H,2-3,5-6,9-10,13-15H2,1H3,(H,21,25). The van der Waals surface area contributed by atoms with Gasteiger partial charge in [-0.25, -0.2) is 0 Å². The molecule has 1 heterocycles. The summed E-state index contributed by atoms with van der Waals surface area (Å²) in [7, 11) is 0. The van der Waals surface area contributed by atoms with Gasteiger partial charge in [0.1, 0.15) is 5.82 Å². The summed E-state index contributed by atoms with van der Waals surface area (Å²) in [6, 6.07) is 9.54. The van der Waals surface area contributed by atoms with Gasteiger partial charge in [0, 0.05) is 18.7 Å². The van der Waals surface area contributed by atoms with Crippen LogP contribution in [-0.4, -0.2) is 26.4 Å². The first-order valence-electron chi connectivity index (χ1n) is 9.66. The molecular formula is C20H28N4OS. The summed E-state index contributed by atoms with van der Waals surface area (Å²) in [5.74, 6) is 2.23. The van der Waals surface area contributed by atoms with Crippen LogP contribution < -0.4 is 5.32 Å². The van der Waals surface area contributed by atoms with Crippen molar-refractivity contribution in [3.63, 3.8) is 0 Å². The maximum atomic E-state index is 12.1. The van der Waals surface area contributed by atoms with Crippen molar-refractivity contribution in [2.75, 3.05) is 11.1 Å². The lowest BCUT2D eigenvalue weighted by molar-refractivity contribution is -0.113.